The molecule has 23 heavy (non-hydrogen) atoms. The number of aromatic carboxylic acids is 1. The Balaban J connectivity index is 1.95. The molecule has 7 nitrogen and oxygen atoms in total. The number of benzene rings is 2. The van der Waals surface area contributed by atoms with Crippen molar-refractivity contribution in [3.05, 3.63) is 59.2 Å². The molecule has 0 saturated heterocycles. The molecule has 0 unspecified atom stereocenters. The van der Waals surface area contributed by atoms with Crippen LogP contribution < -0.4 is 11.2 Å². The smallest absolute Gasteiger partial charge is 0.335 e. The van der Waals surface area contributed by atoms with Gasteiger partial charge in [-0.3, -0.25) is 10.2 Å². The van der Waals surface area contributed by atoms with Gasteiger partial charge in [0.1, 0.15) is 5.75 Å². The number of nitrogens with zero attached hydrogens (tertiary/aromatic N) is 1. The highest BCUT2D eigenvalue weighted by atomic mass is 16.4. The number of carboxylic acid groups (broad SMARTS) is 1. The Bertz CT molecular complexity index is 754. The van der Waals surface area contributed by atoms with Crippen LogP contribution in [0.1, 0.15) is 26.3 Å². The second kappa shape index (κ2) is 7.08. The fraction of sp³-hybridized carbons (Fsp3) is 0.0625. The van der Waals surface area contributed by atoms with Crippen LogP contribution in [-0.2, 0) is 6.42 Å². The molecule has 118 valence electrons. The Hall–Kier alpha value is -3.35. The third-order valence-electron chi connectivity index (χ3n) is 3.07. The highest BCUT2D eigenvalue weighted by Gasteiger charge is 2.07. The lowest BCUT2D eigenvalue weighted by molar-refractivity contribution is 0.0696. The Morgan fingerprint density at radius 3 is 2.48 bits per heavy atom. The molecule has 0 bridgehead atoms. The summed E-state index contributed by atoms with van der Waals surface area (Å²) in [5.41, 5.74) is 9.60. The summed E-state index contributed by atoms with van der Waals surface area (Å²) in [5.74, 6) is -1.84. The summed E-state index contributed by atoms with van der Waals surface area (Å²) in [7, 11) is 0. The summed E-state index contributed by atoms with van der Waals surface area (Å²) in [5, 5.41) is 22.3. The topological polar surface area (TPSA) is 125 Å². The number of aromatic hydroxyl groups is 1. The molecule has 5 N–H and O–H groups in total. The van der Waals surface area contributed by atoms with Crippen LogP contribution in [0.25, 0.3) is 0 Å². The standard InChI is InChI=1S/C16H15N3O4/c17-15(21)13-9-10(1-6-14(13)20)7-8-18-19-12-4-2-11(3-5-12)16(22)23/h1-6,8-9,19-20H,7H2,(H2,17,21)(H,22,23). The number of anilines is 1. The van der Waals surface area contributed by atoms with Gasteiger partial charge in [0.15, 0.2) is 0 Å². The van der Waals surface area contributed by atoms with Gasteiger partial charge >= 0.3 is 5.97 Å². The van der Waals surface area contributed by atoms with E-state index in [0.717, 1.165) is 5.56 Å². The molecule has 0 atom stereocenters. The molecular formula is C16H15N3O4. The fourth-order valence-corrected chi connectivity index (χ4v) is 1.87. The third kappa shape index (κ3) is 4.31. The zero-order valence-electron chi connectivity index (χ0n) is 12.1. The number of nitrogens with one attached hydrogen (secondary N) is 1. The molecule has 1 amide bonds. The van der Waals surface area contributed by atoms with Gasteiger partial charge in [-0.25, -0.2) is 4.79 Å². The Morgan fingerprint density at radius 1 is 1.17 bits per heavy atom. The molecule has 0 fully saturated rings. The van der Waals surface area contributed by atoms with Crippen LogP contribution in [0.4, 0.5) is 5.69 Å². The lowest BCUT2D eigenvalue weighted by atomic mass is 10.1. The number of carbonyl (C=O) groups excluding carboxylic acids is 1. The molecule has 0 saturated carbocycles. The number of carboxylic acids is 1. The molecule has 7 heteroatoms. The quantitative estimate of drug-likeness (QED) is 0.478. The molecule has 0 aliphatic heterocycles. The highest BCUT2D eigenvalue weighted by molar-refractivity contribution is 5.95. The van der Waals surface area contributed by atoms with E-state index < -0.39 is 11.9 Å². The van der Waals surface area contributed by atoms with E-state index in [1.807, 2.05) is 0 Å². The van der Waals surface area contributed by atoms with Gasteiger partial charge in [-0.05, 0) is 42.0 Å². The minimum absolute atomic E-state index is 0.0631. The monoisotopic (exact) mass is 313 g/mol. The van der Waals surface area contributed by atoms with Gasteiger partial charge in [0, 0.05) is 12.6 Å². The van der Waals surface area contributed by atoms with E-state index in [0.29, 0.717) is 12.1 Å². The number of hydrogen-bond donors (Lipinski definition) is 4. The van der Waals surface area contributed by atoms with Crippen LogP contribution in [-0.4, -0.2) is 28.3 Å². The zero-order valence-corrected chi connectivity index (χ0v) is 12.1. The van der Waals surface area contributed by atoms with Crippen molar-refractivity contribution >= 4 is 23.8 Å². The number of phenols is 1. The van der Waals surface area contributed by atoms with E-state index in [1.54, 1.807) is 24.4 Å². The van der Waals surface area contributed by atoms with Crippen molar-refractivity contribution in [3.8, 4) is 5.75 Å². The van der Waals surface area contributed by atoms with Crippen LogP contribution >= 0.6 is 0 Å². The summed E-state index contributed by atoms with van der Waals surface area (Å²) in [6, 6.07) is 10.7. The van der Waals surface area contributed by atoms with E-state index in [1.165, 1.54) is 24.3 Å². The summed E-state index contributed by atoms with van der Waals surface area (Å²) in [6.07, 6.45) is 2.02. The van der Waals surface area contributed by atoms with Crippen molar-refractivity contribution in [3.63, 3.8) is 0 Å². The van der Waals surface area contributed by atoms with Crippen LogP contribution in [0.2, 0.25) is 0 Å². The number of nitrogens with two attached hydrogens (primary N) is 1. The molecule has 0 heterocycles. The maximum Gasteiger partial charge on any atom is 0.335 e. The van der Waals surface area contributed by atoms with Gasteiger partial charge in [-0.2, -0.15) is 5.10 Å². The molecule has 0 aliphatic rings. The Labute approximate surface area is 132 Å². The highest BCUT2D eigenvalue weighted by Crippen LogP contribution is 2.18. The molecule has 0 radical (unpaired) electrons. The predicted molar refractivity (Wildman–Crippen MR) is 85.8 cm³/mol. The Morgan fingerprint density at radius 2 is 1.87 bits per heavy atom. The lowest BCUT2D eigenvalue weighted by Crippen LogP contribution is -2.11. The van der Waals surface area contributed by atoms with E-state index in [9.17, 15) is 14.7 Å². The van der Waals surface area contributed by atoms with E-state index in [4.69, 9.17) is 10.8 Å². The van der Waals surface area contributed by atoms with Crippen molar-refractivity contribution in [1.29, 1.82) is 0 Å². The normalized spacial score (nSPS) is 10.6. The maximum absolute atomic E-state index is 11.1. The summed E-state index contributed by atoms with van der Waals surface area (Å²) in [4.78, 5) is 21.9. The number of carbonyl (C=O) groups is 2. The van der Waals surface area contributed by atoms with Crippen molar-refractivity contribution in [2.75, 3.05) is 5.43 Å². The molecule has 2 aromatic carbocycles. The first kappa shape index (κ1) is 16.0. The second-order valence-corrected chi connectivity index (χ2v) is 4.73. The van der Waals surface area contributed by atoms with Crippen molar-refractivity contribution < 1.29 is 19.8 Å². The maximum atomic E-state index is 11.1. The molecule has 0 aliphatic carbocycles. The van der Waals surface area contributed by atoms with Crippen molar-refractivity contribution in [2.45, 2.75) is 6.42 Å². The molecule has 0 aromatic heterocycles. The van der Waals surface area contributed by atoms with Gasteiger partial charge in [-0.15, -0.1) is 0 Å². The van der Waals surface area contributed by atoms with Gasteiger partial charge in [0.2, 0.25) is 0 Å². The van der Waals surface area contributed by atoms with E-state index in [-0.39, 0.29) is 16.9 Å². The molecule has 2 aromatic rings. The number of hydrazone groups is 1. The number of hydrogen-bond acceptors (Lipinski definition) is 5. The zero-order chi connectivity index (χ0) is 16.8. The minimum atomic E-state index is -0.988. The van der Waals surface area contributed by atoms with Gasteiger partial charge in [0.05, 0.1) is 16.8 Å². The van der Waals surface area contributed by atoms with Crippen LogP contribution in [0.5, 0.6) is 5.75 Å². The fourth-order valence-electron chi connectivity index (χ4n) is 1.87. The summed E-state index contributed by atoms with van der Waals surface area (Å²) in [6.45, 7) is 0. The van der Waals surface area contributed by atoms with Gasteiger partial charge in [0.25, 0.3) is 5.91 Å². The van der Waals surface area contributed by atoms with Crippen LogP contribution in [0, 0.1) is 0 Å². The van der Waals surface area contributed by atoms with Crippen molar-refractivity contribution in [2.24, 2.45) is 10.8 Å². The minimum Gasteiger partial charge on any atom is -0.507 e. The predicted octanol–water partition coefficient (Wildman–Crippen LogP) is 1.83. The third-order valence-corrected chi connectivity index (χ3v) is 3.07. The van der Waals surface area contributed by atoms with Crippen LogP contribution in [0.3, 0.4) is 0 Å². The molecule has 0 spiro atoms. The summed E-state index contributed by atoms with van der Waals surface area (Å²) >= 11 is 0. The van der Waals surface area contributed by atoms with E-state index in [2.05, 4.69) is 10.5 Å². The van der Waals surface area contributed by atoms with Gasteiger partial charge < -0.3 is 15.9 Å². The largest absolute Gasteiger partial charge is 0.507 e. The molecular weight excluding hydrogens is 298 g/mol. The number of rotatable bonds is 6. The number of amides is 1. The summed E-state index contributed by atoms with van der Waals surface area (Å²) < 4.78 is 0. The first-order valence-corrected chi connectivity index (χ1v) is 6.70. The first-order valence-electron chi connectivity index (χ1n) is 6.70. The van der Waals surface area contributed by atoms with Crippen LogP contribution in [0.15, 0.2) is 47.6 Å². The average Bonchev–Trinajstić information content (AvgIpc) is 2.53. The first-order chi connectivity index (χ1) is 11.0. The molecule has 2 rings (SSSR count). The second-order valence-electron chi connectivity index (χ2n) is 4.73. The van der Waals surface area contributed by atoms with Crippen molar-refractivity contribution in [1.82, 2.24) is 0 Å². The van der Waals surface area contributed by atoms with E-state index >= 15 is 0 Å². The number of primary amides is 1. The lowest BCUT2D eigenvalue weighted by Gasteiger charge is -2.03. The SMILES string of the molecule is NC(=O)c1cc(CC=NNc2ccc(C(=O)O)cc2)ccc1O. The Kier molecular flexibility index (Phi) is 4.93. The average molecular weight is 313 g/mol. The van der Waals surface area contributed by atoms with Gasteiger partial charge in [-0.1, -0.05) is 6.07 Å².